The average molecular weight is 216 g/mol. The zero-order valence-electron chi connectivity index (χ0n) is 10.4. The third-order valence-corrected chi connectivity index (χ3v) is 4.32. The monoisotopic (exact) mass is 216 g/mol. The lowest BCUT2D eigenvalue weighted by atomic mass is 9.50. The van der Waals surface area contributed by atoms with Gasteiger partial charge in [0.15, 0.2) is 0 Å². The predicted molar refractivity (Wildman–Crippen MR) is 66.4 cm³/mol. The van der Waals surface area contributed by atoms with Crippen LogP contribution in [-0.4, -0.2) is 5.78 Å². The molecule has 0 bridgehead atoms. The van der Waals surface area contributed by atoms with Gasteiger partial charge in [-0.15, -0.1) is 0 Å². The molecule has 16 heavy (non-hydrogen) atoms. The summed E-state index contributed by atoms with van der Waals surface area (Å²) in [5.74, 6) is 1.13. The highest BCUT2D eigenvalue weighted by Gasteiger charge is 2.56. The van der Waals surface area contributed by atoms with Crippen molar-refractivity contribution in [3.8, 4) is 0 Å². The van der Waals surface area contributed by atoms with Gasteiger partial charge in [0.1, 0.15) is 5.78 Å². The highest BCUT2D eigenvalue weighted by molar-refractivity contribution is 5.95. The van der Waals surface area contributed by atoms with Gasteiger partial charge in [-0.1, -0.05) is 51.1 Å². The first-order valence-corrected chi connectivity index (χ1v) is 6.24. The molecule has 0 spiro atoms. The minimum absolute atomic E-state index is 0.123. The minimum Gasteiger partial charge on any atom is -0.299 e. The lowest BCUT2D eigenvalue weighted by Crippen LogP contribution is -2.53. The highest BCUT2D eigenvalue weighted by atomic mass is 16.1. The molecule has 1 heteroatoms. The average Bonchev–Trinajstić information content (AvgIpc) is 2.35. The molecule has 1 saturated carbocycles. The number of rotatable bonds is 3. The molecule has 1 aromatic carbocycles. The van der Waals surface area contributed by atoms with Gasteiger partial charge in [0, 0.05) is 17.3 Å². The molecule has 1 fully saturated rings. The van der Waals surface area contributed by atoms with Crippen LogP contribution < -0.4 is 0 Å². The standard InChI is InChI=1S/C15H20O/c1-4-12-13(11-9-7-6-8-10-11)15(3,5-2)14(12)16/h6-10,12-13H,4-5H2,1-3H3. The van der Waals surface area contributed by atoms with Crippen LogP contribution in [0, 0.1) is 11.3 Å². The Labute approximate surface area is 97.9 Å². The molecule has 0 aliphatic heterocycles. The SMILES string of the molecule is CCC1C(=O)C(C)(CC)C1c1ccccc1. The van der Waals surface area contributed by atoms with Crippen molar-refractivity contribution in [3.05, 3.63) is 35.9 Å². The summed E-state index contributed by atoms with van der Waals surface area (Å²) < 4.78 is 0. The first kappa shape index (κ1) is 11.4. The molecule has 2 rings (SSSR count). The van der Waals surface area contributed by atoms with E-state index in [0.29, 0.717) is 11.7 Å². The van der Waals surface area contributed by atoms with Crippen LogP contribution in [0.1, 0.15) is 45.1 Å². The van der Waals surface area contributed by atoms with E-state index in [1.54, 1.807) is 0 Å². The largest absolute Gasteiger partial charge is 0.299 e. The fraction of sp³-hybridized carbons (Fsp3) is 0.533. The summed E-state index contributed by atoms with van der Waals surface area (Å²) in [6.07, 6.45) is 1.91. The Balaban J connectivity index is 2.35. The summed E-state index contributed by atoms with van der Waals surface area (Å²) >= 11 is 0. The van der Waals surface area contributed by atoms with Gasteiger partial charge in [0.2, 0.25) is 0 Å². The van der Waals surface area contributed by atoms with Gasteiger partial charge in [0.25, 0.3) is 0 Å². The Bertz CT molecular complexity index is 382. The van der Waals surface area contributed by atoms with Crippen molar-refractivity contribution in [3.63, 3.8) is 0 Å². The van der Waals surface area contributed by atoms with E-state index in [9.17, 15) is 4.79 Å². The predicted octanol–water partition coefficient (Wildman–Crippen LogP) is 3.80. The molecular formula is C15H20O. The van der Waals surface area contributed by atoms with Crippen LogP contribution in [0.15, 0.2) is 30.3 Å². The summed E-state index contributed by atoms with van der Waals surface area (Å²) in [6.45, 7) is 6.37. The van der Waals surface area contributed by atoms with Crippen molar-refractivity contribution < 1.29 is 4.79 Å². The van der Waals surface area contributed by atoms with Gasteiger partial charge in [-0.3, -0.25) is 4.79 Å². The van der Waals surface area contributed by atoms with Crippen LogP contribution in [-0.2, 0) is 4.79 Å². The molecule has 1 aliphatic rings. The Morgan fingerprint density at radius 2 is 1.81 bits per heavy atom. The van der Waals surface area contributed by atoms with E-state index in [-0.39, 0.29) is 11.3 Å². The molecule has 3 unspecified atom stereocenters. The second kappa shape index (κ2) is 4.04. The molecule has 0 saturated heterocycles. The van der Waals surface area contributed by atoms with Crippen LogP contribution in [0.4, 0.5) is 0 Å². The molecule has 1 nitrogen and oxygen atoms in total. The topological polar surface area (TPSA) is 17.1 Å². The second-order valence-electron chi connectivity index (χ2n) is 5.04. The van der Waals surface area contributed by atoms with E-state index in [0.717, 1.165) is 12.8 Å². The van der Waals surface area contributed by atoms with Crippen molar-refractivity contribution in [1.29, 1.82) is 0 Å². The van der Waals surface area contributed by atoms with Gasteiger partial charge in [-0.2, -0.15) is 0 Å². The maximum atomic E-state index is 12.1. The Hall–Kier alpha value is -1.11. The maximum absolute atomic E-state index is 12.1. The Morgan fingerprint density at radius 3 is 2.31 bits per heavy atom. The molecule has 3 atom stereocenters. The third-order valence-electron chi connectivity index (χ3n) is 4.32. The molecule has 86 valence electrons. The van der Waals surface area contributed by atoms with E-state index in [1.807, 2.05) is 6.07 Å². The van der Waals surface area contributed by atoms with Crippen LogP contribution >= 0.6 is 0 Å². The molecule has 0 amide bonds. The van der Waals surface area contributed by atoms with Gasteiger partial charge in [-0.25, -0.2) is 0 Å². The molecule has 0 aromatic heterocycles. The fourth-order valence-electron chi connectivity index (χ4n) is 3.15. The zero-order chi connectivity index (χ0) is 11.8. The highest BCUT2D eigenvalue weighted by Crippen LogP contribution is 2.56. The van der Waals surface area contributed by atoms with Crippen LogP contribution in [0.2, 0.25) is 0 Å². The number of hydrogen-bond donors (Lipinski definition) is 0. The number of Topliss-reactive ketones (excluding diaryl/α,β-unsaturated/α-hetero) is 1. The summed E-state index contributed by atoms with van der Waals surface area (Å²) in [6, 6.07) is 10.5. The molecule has 0 N–H and O–H groups in total. The number of carbonyl (C=O) groups excluding carboxylic acids is 1. The zero-order valence-corrected chi connectivity index (χ0v) is 10.4. The quantitative estimate of drug-likeness (QED) is 0.751. The van der Waals surface area contributed by atoms with Gasteiger partial charge < -0.3 is 0 Å². The Kier molecular flexibility index (Phi) is 2.88. The molecule has 1 aliphatic carbocycles. The minimum atomic E-state index is -0.123. The second-order valence-corrected chi connectivity index (χ2v) is 5.04. The van der Waals surface area contributed by atoms with E-state index in [4.69, 9.17) is 0 Å². The number of carbonyl (C=O) groups is 1. The van der Waals surface area contributed by atoms with E-state index in [1.165, 1.54) is 5.56 Å². The van der Waals surface area contributed by atoms with Gasteiger partial charge in [-0.05, 0) is 18.4 Å². The molecule has 0 heterocycles. The van der Waals surface area contributed by atoms with Crippen LogP contribution in [0.3, 0.4) is 0 Å². The normalized spacial score (nSPS) is 33.6. The van der Waals surface area contributed by atoms with Crippen molar-refractivity contribution >= 4 is 5.78 Å². The van der Waals surface area contributed by atoms with E-state index < -0.39 is 0 Å². The summed E-state index contributed by atoms with van der Waals surface area (Å²) in [7, 11) is 0. The van der Waals surface area contributed by atoms with Crippen LogP contribution in [0.5, 0.6) is 0 Å². The molecule has 1 aromatic rings. The first-order valence-electron chi connectivity index (χ1n) is 6.24. The number of hydrogen-bond acceptors (Lipinski definition) is 1. The fourth-order valence-corrected chi connectivity index (χ4v) is 3.15. The molecular weight excluding hydrogens is 196 g/mol. The van der Waals surface area contributed by atoms with Crippen molar-refractivity contribution in [2.24, 2.45) is 11.3 Å². The summed E-state index contributed by atoms with van der Waals surface area (Å²) in [4.78, 5) is 12.1. The van der Waals surface area contributed by atoms with Crippen molar-refractivity contribution in [2.75, 3.05) is 0 Å². The van der Waals surface area contributed by atoms with Crippen LogP contribution in [0.25, 0.3) is 0 Å². The smallest absolute Gasteiger partial charge is 0.143 e. The van der Waals surface area contributed by atoms with Gasteiger partial charge >= 0.3 is 0 Å². The van der Waals surface area contributed by atoms with E-state index in [2.05, 4.69) is 45.0 Å². The Morgan fingerprint density at radius 1 is 1.19 bits per heavy atom. The first-order chi connectivity index (χ1) is 7.65. The maximum Gasteiger partial charge on any atom is 0.143 e. The third kappa shape index (κ3) is 1.41. The van der Waals surface area contributed by atoms with Crippen molar-refractivity contribution in [1.82, 2.24) is 0 Å². The lowest BCUT2D eigenvalue weighted by Gasteiger charge is -2.51. The number of benzene rings is 1. The number of ketones is 1. The summed E-state index contributed by atoms with van der Waals surface area (Å²) in [5.41, 5.74) is 1.21. The van der Waals surface area contributed by atoms with Crippen molar-refractivity contribution in [2.45, 2.75) is 39.5 Å². The summed E-state index contributed by atoms with van der Waals surface area (Å²) in [5, 5.41) is 0. The molecule has 0 radical (unpaired) electrons. The van der Waals surface area contributed by atoms with E-state index >= 15 is 0 Å². The lowest BCUT2D eigenvalue weighted by molar-refractivity contribution is -0.149. The van der Waals surface area contributed by atoms with Gasteiger partial charge in [0.05, 0.1) is 0 Å².